The quantitative estimate of drug-likeness (QED) is 0.454. The fourth-order valence-electron chi connectivity index (χ4n) is 2.52. The molecule has 0 aromatic heterocycles. The second kappa shape index (κ2) is 3.05. The molecule has 3 aliphatic heterocycles. The van der Waals surface area contributed by atoms with E-state index in [1.54, 1.807) is 0 Å². The Labute approximate surface area is 81.2 Å². The first-order valence-electron chi connectivity index (χ1n) is 5.21. The Kier molecular flexibility index (Phi) is 1.97. The normalized spacial score (nSPS) is 53.1. The molecule has 0 aliphatic carbocycles. The van der Waals surface area contributed by atoms with Gasteiger partial charge in [-0.3, -0.25) is 0 Å². The van der Waals surface area contributed by atoms with E-state index < -0.39 is 0 Å². The lowest BCUT2D eigenvalue weighted by molar-refractivity contribution is -0.00601. The van der Waals surface area contributed by atoms with Gasteiger partial charge in [0, 0.05) is 16.7 Å². The van der Waals surface area contributed by atoms with Crippen LogP contribution in [0, 0.1) is 0 Å². The molecule has 74 valence electrons. The van der Waals surface area contributed by atoms with Gasteiger partial charge in [-0.1, -0.05) is 0 Å². The molecule has 3 saturated heterocycles. The van der Waals surface area contributed by atoms with Crippen LogP contribution in [0.2, 0.25) is 5.54 Å². The molecule has 3 aliphatic rings. The third-order valence-electron chi connectivity index (χ3n) is 3.31. The van der Waals surface area contributed by atoms with Gasteiger partial charge >= 0.3 is 0 Å². The molecule has 0 aromatic carbocycles. The number of ether oxygens (including phenoxy) is 3. The van der Waals surface area contributed by atoms with E-state index in [2.05, 4.69) is 0 Å². The molecule has 3 fully saturated rings. The maximum Gasteiger partial charge on any atom is 0.104 e. The average Bonchev–Trinajstić information content (AvgIpc) is 2.76. The van der Waals surface area contributed by atoms with Crippen LogP contribution < -0.4 is 0 Å². The second-order valence-corrected chi connectivity index (χ2v) is 5.98. The summed E-state index contributed by atoms with van der Waals surface area (Å²) in [6.45, 7) is 1.68. The Hall–Kier alpha value is 0.0969. The molecule has 3 heterocycles. The summed E-state index contributed by atoms with van der Waals surface area (Å²) in [5, 5.41) is 0. The predicted octanol–water partition coefficient (Wildman–Crippen LogP) is -0.515. The van der Waals surface area contributed by atoms with Crippen LogP contribution in [-0.4, -0.2) is 47.9 Å². The van der Waals surface area contributed by atoms with Crippen LogP contribution in [0.5, 0.6) is 0 Å². The van der Waals surface area contributed by atoms with E-state index in [9.17, 15) is 0 Å². The second-order valence-electron chi connectivity index (χ2n) is 4.50. The van der Waals surface area contributed by atoms with Gasteiger partial charge in [0.25, 0.3) is 0 Å². The molecule has 3 rings (SSSR count). The van der Waals surface area contributed by atoms with E-state index in [0.29, 0.717) is 24.4 Å². The van der Waals surface area contributed by atoms with Crippen LogP contribution in [0.4, 0.5) is 0 Å². The summed E-state index contributed by atoms with van der Waals surface area (Å²) >= 11 is 0. The zero-order valence-corrected chi connectivity index (χ0v) is 9.94. The zero-order valence-electron chi connectivity index (χ0n) is 7.94. The molecule has 13 heavy (non-hydrogen) atoms. The van der Waals surface area contributed by atoms with Gasteiger partial charge in [0.05, 0.1) is 31.5 Å². The molecule has 0 saturated carbocycles. The molecule has 0 N–H and O–H groups in total. The van der Waals surface area contributed by atoms with Gasteiger partial charge < -0.3 is 14.2 Å². The fourth-order valence-corrected chi connectivity index (χ4v) is 3.63. The van der Waals surface area contributed by atoms with E-state index in [1.165, 1.54) is 16.7 Å². The summed E-state index contributed by atoms with van der Waals surface area (Å²) in [5.41, 5.74) is 0.823. The lowest BCUT2D eigenvalue weighted by Gasteiger charge is -2.23. The lowest BCUT2D eigenvalue weighted by Crippen LogP contribution is -2.31. The Morgan fingerprint density at radius 3 is 2.85 bits per heavy atom. The summed E-state index contributed by atoms with van der Waals surface area (Å²) in [7, 11) is 1.25. The Morgan fingerprint density at radius 2 is 2.23 bits per heavy atom. The molecule has 0 amide bonds. The SMILES string of the molecule is [SiH3]C1CC2CC(OCC3CO3)C1O2. The third-order valence-corrected chi connectivity index (χ3v) is 4.43. The highest BCUT2D eigenvalue weighted by molar-refractivity contribution is 6.12. The first-order valence-corrected chi connectivity index (χ1v) is 6.37. The maximum atomic E-state index is 5.82. The average molecular weight is 200 g/mol. The van der Waals surface area contributed by atoms with Crippen LogP contribution in [0.1, 0.15) is 12.8 Å². The zero-order chi connectivity index (χ0) is 8.84. The van der Waals surface area contributed by atoms with Crippen molar-refractivity contribution in [2.75, 3.05) is 13.2 Å². The van der Waals surface area contributed by atoms with Crippen molar-refractivity contribution in [2.45, 2.75) is 42.8 Å². The van der Waals surface area contributed by atoms with Crippen molar-refractivity contribution >= 4 is 10.2 Å². The molecule has 5 atom stereocenters. The molecular weight excluding hydrogens is 184 g/mol. The first-order chi connectivity index (χ1) is 6.33. The molecule has 0 radical (unpaired) electrons. The standard InChI is InChI=1S/C9H16O3Si/c13-8-2-5-1-7(9(8)12-5)11-4-6-3-10-6/h5-9H,1-4H2,13H3. The molecule has 0 spiro atoms. The van der Waals surface area contributed by atoms with Gasteiger partial charge in [-0.2, -0.15) is 0 Å². The number of fused-ring (bicyclic) bond motifs is 2. The highest BCUT2D eigenvalue weighted by Gasteiger charge is 2.46. The van der Waals surface area contributed by atoms with Gasteiger partial charge in [0.2, 0.25) is 0 Å². The maximum absolute atomic E-state index is 5.82. The minimum atomic E-state index is 0.380. The van der Waals surface area contributed by atoms with Crippen LogP contribution >= 0.6 is 0 Å². The predicted molar refractivity (Wildman–Crippen MR) is 51.1 cm³/mol. The summed E-state index contributed by atoms with van der Waals surface area (Å²) < 4.78 is 16.7. The van der Waals surface area contributed by atoms with E-state index in [-0.39, 0.29) is 0 Å². The number of rotatable bonds is 3. The third kappa shape index (κ3) is 1.56. The summed E-state index contributed by atoms with van der Waals surface area (Å²) in [5.74, 6) is 0. The highest BCUT2D eigenvalue weighted by atomic mass is 28.1. The Balaban J connectivity index is 1.53. The van der Waals surface area contributed by atoms with E-state index >= 15 is 0 Å². The molecule has 5 unspecified atom stereocenters. The van der Waals surface area contributed by atoms with Gasteiger partial charge in [-0.25, -0.2) is 0 Å². The van der Waals surface area contributed by atoms with Crippen LogP contribution in [-0.2, 0) is 14.2 Å². The first kappa shape index (κ1) is 8.41. The molecule has 2 bridgehead atoms. The summed E-state index contributed by atoms with van der Waals surface area (Å²) in [6.07, 6.45) is 4.12. The summed E-state index contributed by atoms with van der Waals surface area (Å²) in [6, 6.07) is 0. The van der Waals surface area contributed by atoms with Gasteiger partial charge in [0.15, 0.2) is 0 Å². The Bertz CT molecular complexity index is 207. The van der Waals surface area contributed by atoms with Crippen molar-refractivity contribution < 1.29 is 14.2 Å². The largest absolute Gasteiger partial charge is 0.373 e. The van der Waals surface area contributed by atoms with Gasteiger partial charge in [0.1, 0.15) is 6.10 Å². The van der Waals surface area contributed by atoms with Crippen molar-refractivity contribution in [3.63, 3.8) is 0 Å². The summed E-state index contributed by atoms with van der Waals surface area (Å²) in [4.78, 5) is 0. The number of hydrogen-bond acceptors (Lipinski definition) is 3. The minimum Gasteiger partial charge on any atom is -0.373 e. The monoisotopic (exact) mass is 200 g/mol. The van der Waals surface area contributed by atoms with Crippen molar-refractivity contribution in [3.05, 3.63) is 0 Å². The molecular formula is C9H16O3Si. The lowest BCUT2D eigenvalue weighted by atomic mass is 9.97. The molecule has 0 aromatic rings. The van der Waals surface area contributed by atoms with Crippen LogP contribution in [0.3, 0.4) is 0 Å². The molecule has 4 heteroatoms. The van der Waals surface area contributed by atoms with Crippen molar-refractivity contribution in [1.29, 1.82) is 0 Å². The van der Waals surface area contributed by atoms with E-state index in [4.69, 9.17) is 14.2 Å². The Morgan fingerprint density at radius 1 is 1.38 bits per heavy atom. The van der Waals surface area contributed by atoms with Crippen molar-refractivity contribution in [1.82, 2.24) is 0 Å². The van der Waals surface area contributed by atoms with Gasteiger partial charge in [-0.05, 0) is 12.0 Å². The topological polar surface area (TPSA) is 31.0 Å². The van der Waals surface area contributed by atoms with Crippen LogP contribution in [0.15, 0.2) is 0 Å². The van der Waals surface area contributed by atoms with Crippen molar-refractivity contribution in [2.24, 2.45) is 0 Å². The van der Waals surface area contributed by atoms with Gasteiger partial charge in [-0.15, -0.1) is 0 Å². The van der Waals surface area contributed by atoms with E-state index in [0.717, 1.165) is 25.2 Å². The number of hydrogen-bond donors (Lipinski definition) is 0. The fraction of sp³-hybridized carbons (Fsp3) is 1.00. The minimum absolute atomic E-state index is 0.380. The number of epoxide rings is 1. The highest BCUT2D eigenvalue weighted by Crippen LogP contribution is 2.42. The molecule has 3 nitrogen and oxygen atoms in total. The van der Waals surface area contributed by atoms with Crippen molar-refractivity contribution in [3.8, 4) is 0 Å². The van der Waals surface area contributed by atoms with Crippen LogP contribution in [0.25, 0.3) is 0 Å². The van der Waals surface area contributed by atoms with E-state index in [1.807, 2.05) is 0 Å². The smallest absolute Gasteiger partial charge is 0.104 e.